The average molecular weight is 330 g/mol. The summed E-state index contributed by atoms with van der Waals surface area (Å²) in [5.74, 6) is -0.677. The molecule has 5 nitrogen and oxygen atoms in total. The number of carbonyl (C=O) groups is 2. The third kappa shape index (κ3) is 6.24. The number of halogens is 1. The van der Waals surface area contributed by atoms with Gasteiger partial charge in [-0.25, -0.2) is 0 Å². The molecular weight excluding hydrogens is 314 g/mol. The summed E-state index contributed by atoms with van der Waals surface area (Å²) in [6.07, 6.45) is 0.480. The fourth-order valence-corrected chi connectivity index (χ4v) is 1.86. The Morgan fingerprint density at radius 3 is 2.79 bits per heavy atom. The topological polar surface area (TPSA) is 75.6 Å². The standard InChI is InChI=1S/C13H16BrNO4/c1-2-10(7-13(17)18)15-12(16)8-19-11-5-3-4-9(14)6-11/h3-6,10H,2,7-8H2,1H3,(H,15,16)(H,17,18). The molecule has 1 aromatic rings. The van der Waals surface area contributed by atoms with E-state index in [0.29, 0.717) is 12.2 Å². The maximum Gasteiger partial charge on any atom is 0.305 e. The van der Waals surface area contributed by atoms with E-state index in [4.69, 9.17) is 9.84 Å². The van der Waals surface area contributed by atoms with Gasteiger partial charge in [-0.1, -0.05) is 28.9 Å². The predicted octanol–water partition coefficient (Wildman–Crippen LogP) is 2.20. The molecule has 19 heavy (non-hydrogen) atoms. The minimum absolute atomic E-state index is 0.0842. The highest BCUT2D eigenvalue weighted by Crippen LogP contribution is 2.17. The zero-order chi connectivity index (χ0) is 14.3. The second kappa shape index (κ2) is 7.78. The van der Waals surface area contributed by atoms with Crippen LogP contribution in [0.15, 0.2) is 28.7 Å². The maximum absolute atomic E-state index is 11.6. The number of carboxylic acid groups (broad SMARTS) is 1. The first kappa shape index (κ1) is 15.5. The summed E-state index contributed by atoms with van der Waals surface area (Å²) in [6, 6.07) is 6.79. The summed E-state index contributed by atoms with van der Waals surface area (Å²) in [5.41, 5.74) is 0. The smallest absolute Gasteiger partial charge is 0.305 e. The molecule has 0 radical (unpaired) electrons. The van der Waals surface area contributed by atoms with Gasteiger partial charge in [-0.15, -0.1) is 0 Å². The molecule has 1 atom stereocenters. The van der Waals surface area contributed by atoms with Gasteiger partial charge in [0.2, 0.25) is 0 Å². The highest BCUT2D eigenvalue weighted by Gasteiger charge is 2.14. The minimum atomic E-state index is -0.931. The van der Waals surface area contributed by atoms with Crippen LogP contribution in [0, 0.1) is 0 Å². The first-order valence-electron chi connectivity index (χ1n) is 5.90. The summed E-state index contributed by atoms with van der Waals surface area (Å²) in [7, 11) is 0. The molecule has 0 bridgehead atoms. The van der Waals surface area contributed by atoms with Gasteiger partial charge >= 0.3 is 5.97 Å². The zero-order valence-corrected chi connectivity index (χ0v) is 12.1. The lowest BCUT2D eigenvalue weighted by atomic mass is 10.1. The van der Waals surface area contributed by atoms with Gasteiger partial charge < -0.3 is 15.2 Å². The van der Waals surface area contributed by atoms with Gasteiger partial charge in [-0.05, 0) is 24.6 Å². The quantitative estimate of drug-likeness (QED) is 0.804. The summed E-state index contributed by atoms with van der Waals surface area (Å²) < 4.78 is 6.17. The number of carboxylic acids is 1. The van der Waals surface area contributed by atoms with Gasteiger partial charge in [0, 0.05) is 10.5 Å². The number of benzene rings is 1. The molecule has 1 unspecified atom stereocenters. The Kier molecular flexibility index (Phi) is 6.35. The molecule has 104 valence electrons. The monoisotopic (exact) mass is 329 g/mol. The molecule has 6 heteroatoms. The molecule has 1 rings (SSSR count). The molecule has 0 aliphatic heterocycles. The number of ether oxygens (including phenoxy) is 1. The molecule has 2 N–H and O–H groups in total. The molecule has 0 aliphatic carbocycles. The second-order valence-electron chi connectivity index (χ2n) is 4.02. The molecule has 0 saturated heterocycles. The van der Waals surface area contributed by atoms with Crippen molar-refractivity contribution in [3.05, 3.63) is 28.7 Å². The largest absolute Gasteiger partial charge is 0.484 e. The van der Waals surface area contributed by atoms with Gasteiger partial charge in [0.1, 0.15) is 5.75 Å². The Bertz CT molecular complexity index is 450. The van der Waals surface area contributed by atoms with Gasteiger partial charge in [0.25, 0.3) is 5.91 Å². The highest BCUT2D eigenvalue weighted by atomic mass is 79.9. The van der Waals surface area contributed by atoms with Gasteiger partial charge in [-0.3, -0.25) is 9.59 Å². The van der Waals surface area contributed by atoms with Crippen LogP contribution in [0.2, 0.25) is 0 Å². The Labute approximate surface area is 120 Å². The number of hydrogen-bond acceptors (Lipinski definition) is 3. The summed E-state index contributed by atoms with van der Waals surface area (Å²) in [4.78, 5) is 22.2. The number of hydrogen-bond donors (Lipinski definition) is 2. The van der Waals surface area contributed by atoms with Crippen molar-refractivity contribution in [2.45, 2.75) is 25.8 Å². The van der Waals surface area contributed by atoms with E-state index in [-0.39, 0.29) is 25.0 Å². The van der Waals surface area contributed by atoms with Crippen molar-refractivity contribution in [1.29, 1.82) is 0 Å². The van der Waals surface area contributed by atoms with Crippen molar-refractivity contribution >= 4 is 27.8 Å². The number of nitrogens with one attached hydrogen (secondary N) is 1. The third-order valence-electron chi connectivity index (χ3n) is 2.44. The second-order valence-corrected chi connectivity index (χ2v) is 4.93. The van der Waals surface area contributed by atoms with Crippen molar-refractivity contribution in [3.8, 4) is 5.75 Å². The van der Waals surface area contributed by atoms with E-state index in [2.05, 4.69) is 21.2 Å². The number of carbonyl (C=O) groups excluding carboxylic acids is 1. The van der Waals surface area contributed by atoms with E-state index >= 15 is 0 Å². The zero-order valence-electron chi connectivity index (χ0n) is 10.6. The summed E-state index contributed by atoms with van der Waals surface area (Å²) in [5, 5.41) is 11.3. The Hall–Kier alpha value is -1.56. The molecule has 1 amide bonds. The van der Waals surface area contributed by atoms with E-state index in [0.717, 1.165) is 4.47 Å². The molecule has 0 fully saturated rings. The molecular formula is C13H16BrNO4. The molecule has 1 aromatic carbocycles. The van der Waals surface area contributed by atoms with Crippen LogP contribution >= 0.6 is 15.9 Å². The van der Waals surface area contributed by atoms with Crippen LogP contribution in [-0.4, -0.2) is 29.6 Å². The van der Waals surface area contributed by atoms with Crippen LogP contribution in [0.25, 0.3) is 0 Å². The Morgan fingerprint density at radius 2 is 2.21 bits per heavy atom. The fraction of sp³-hybridized carbons (Fsp3) is 0.385. The van der Waals surface area contributed by atoms with Crippen molar-refractivity contribution in [2.75, 3.05) is 6.61 Å². The average Bonchev–Trinajstić information content (AvgIpc) is 2.35. The van der Waals surface area contributed by atoms with Crippen LogP contribution in [0.4, 0.5) is 0 Å². The maximum atomic E-state index is 11.6. The molecule has 0 aliphatic rings. The lowest BCUT2D eigenvalue weighted by Gasteiger charge is -2.15. The Morgan fingerprint density at radius 1 is 1.47 bits per heavy atom. The third-order valence-corrected chi connectivity index (χ3v) is 2.94. The lowest BCUT2D eigenvalue weighted by molar-refractivity contribution is -0.137. The number of aliphatic carboxylic acids is 1. The van der Waals surface area contributed by atoms with Crippen LogP contribution in [0.5, 0.6) is 5.75 Å². The van der Waals surface area contributed by atoms with Crippen molar-refractivity contribution < 1.29 is 19.4 Å². The van der Waals surface area contributed by atoms with Gasteiger partial charge in [-0.2, -0.15) is 0 Å². The van der Waals surface area contributed by atoms with Crippen molar-refractivity contribution in [2.24, 2.45) is 0 Å². The Balaban J connectivity index is 2.40. The first-order chi connectivity index (χ1) is 9.01. The SMILES string of the molecule is CCC(CC(=O)O)NC(=O)COc1cccc(Br)c1. The van der Waals surface area contributed by atoms with Crippen LogP contribution < -0.4 is 10.1 Å². The van der Waals surface area contributed by atoms with E-state index in [1.54, 1.807) is 18.2 Å². The van der Waals surface area contributed by atoms with Crippen molar-refractivity contribution in [1.82, 2.24) is 5.32 Å². The number of amides is 1. The van der Waals surface area contributed by atoms with Gasteiger partial charge in [0.05, 0.1) is 6.42 Å². The first-order valence-corrected chi connectivity index (χ1v) is 6.70. The molecule has 0 aromatic heterocycles. The molecule has 0 spiro atoms. The lowest BCUT2D eigenvalue weighted by Crippen LogP contribution is -2.38. The number of rotatable bonds is 7. The van der Waals surface area contributed by atoms with E-state index in [9.17, 15) is 9.59 Å². The van der Waals surface area contributed by atoms with Crippen LogP contribution in [0.1, 0.15) is 19.8 Å². The minimum Gasteiger partial charge on any atom is -0.484 e. The van der Waals surface area contributed by atoms with E-state index in [1.807, 2.05) is 13.0 Å². The van der Waals surface area contributed by atoms with E-state index < -0.39 is 5.97 Å². The predicted molar refractivity (Wildman–Crippen MR) is 74.1 cm³/mol. The van der Waals surface area contributed by atoms with Crippen LogP contribution in [0.3, 0.4) is 0 Å². The summed E-state index contributed by atoms with van der Waals surface area (Å²) in [6.45, 7) is 1.69. The molecule has 0 heterocycles. The highest BCUT2D eigenvalue weighted by molar-refractivity contribution is 9.10. The van der Waals surface area contributed by atoms with E-state index in [1.165, 1.54) is 0 Å². The van der Waals surface area contributed by atoms with Crippen LogP contribution in [-0.2, 0) is 9.59 Å². The molecule has 0 saturated carbocycles. The van der Waals surface area contributed by atoms with Gasteiger partial charge in [0.15, 0.2) is 6.61 Å². The fourth-order valence-electron chi connectivity index (χ4n) is 1.48. The summed E-state index contributed by atoms with van der Waals surface area (Å²) >= 11 is 3.30. The normalized spacial score (nSPS) is 11.7. The van der Waals surface area contributed by atoms with Crippen molar-refractivity contribution in [3.63, 3.8) is 0 Å².